The molecule has 0 radical (unpaired) electrons. The molecule has 0 bridgehead atoms. The van der Waals surface area contributed by atoms with Gasteiger partial charge in [0.2, 0.25) is 0 Å². The van der Waals surface area contributed by atoms with Crippen LogP contribution in [0.15, 0.2) is 24.3 Å². The lowest BCUT2D eigenvalue weighted by Crippen LogP contribution is -2.23. The Hall–Kier alpha value is -1.51. The van der Waals surface area contributed by atoms with Crippen LogP contribution in [0.1, 0.15) is 56.3 Å². The molecule has 0 aliphatic heterocycles. The van der Waals surface area contributed by atoms with Crippen LogP contribution < -0.4 is 4.90 Å². The molecule has 0 fully saturated rings. The number of hydrogen-bond donors (Lipinski definition) is 1. The van der Waals surface area contributed by atoms with Crippen LogP contribution in [0.2, 0.25) is 0 Å². The number of rotatable bonds is 9. The Balaban J connectivity index is 2.62. The van der Waals surface area contributed by atoms with Crippen LogP contribution in [0.5, 0.6) is 0 Å². The van der Waals surface area contributed by atoms with Gasteiger partial charge in [-0.05, 0) is 24.5 Å². The summed E-state index contributed by atoms with van der Waals surface area (Å²) in [5.74, 6) is -0.111. The highest BCUT2D eigenvalue weighted by Crippen LogP contribution is 2.22. The Bertz CT molecular complexity index is 417. The van der Waals surface area contributed by atoms with Gasteiger partial charge in [-0.25, -0.2) is 4.79 Å². The molecule has 0 aliphatic carbocycles. The van der Waals surface area contributed by atoms with Gasteiger partial charge in [-0.15, -0.1) is 0 Å². The maximum absolute atomic E-state index is 11.2. The predicted molar refractivity (Wildman–Crippen MR) is 84.6 cm³/mol. The smallest absolute Gasteiger partial charge is 0.337 e. The van der Waals surface area contributed by atoms with Crippen molar-refractivity contribution in [2.75, 3.05) is 18.5 Å². The highest BCUT2D eigenvalue weighted by Gasteiger charge is 2.14. The number of anilines is 1. The maximum Gasteiger partial charge on any atom is 0.337 e. The van der Waals surface area contributed by atoms with Crippen LogP contribution in [-0.2, 0) is 0 Å². The fourth-order valence-electron chi connectivity index (χ4n) is 2.53. The fourth-order valence-corrected chi connectivity index (χ4v) is 2.53. The molecule has 0 saturated carbocycles. The lowest BCUT2D eigenvalue weighted by molar-refractivity contribution is 0.0697. The van der Waals surface area contributed by atoms with E-state index in [2.05, 4.69) is 18.7 Å². The molecule has 0 aliphatic rings. The summed E-state index contributed by atoms with van der Waals surface area (Å²) in [4.78, 5) is 13.3. The van der Waals surface area contributed by atoms with Crippen molar-refractivity contribution in [3.8, 4) is 0 Å². The van der Waals surface area contributed by atoms with Crippen molar-refractivity contribution in [3.05, 3.63) is 29.8 Å². The van der Waals surface area contributed by atoms with E-state index >= 15 is 0 Å². The van der Waals surface area contributed by atoms with Crippen molar-refractivity contribution in [2.24, 2.45) is 5.92 Å². The third kappa shape index (κ3) is 4.87. The van der Waals surface area contributed by atoms with Crippen molar-refractivity contribution >= 4 is 11.7 Å². The molecule has 1 N–H and O–H groups in total. The third-order valence-electron chi connectivity index (χ3n) is 3.96. The van der Waals surface area contributed by atoms with Crippen LogP contribution in [0.25, 0.3) is 0 Å². The number of carboxylic acid groups (broad SMARTS) is 1. The topological polar surface area (TPSA) is 40.5 Å². The first kappa shape index (κ1) is 16.5. The van der Waals surface area contributed by atoms with Crippen LogP contribution in [0, 0.1) is 5.92 Å². The van der Waals surface area contributed by atoms with Gasteiger partial charge in [-0.2, -0.15) is 0 Å². The summed E-state index contributed by atoms with van der Waals surface area (Å²) in [6.45, 7) is 5.37. The van der Waals surface area contributed by atoms with E-state index in [-0.39, 0.29) is 0 Å². The zero-order valence-electron chi connectivity index (χ0n) is 12.9. The molecular formula is C17H27NO2. The molecule has 1 unspecified atom stereocenters. The van der Waals surface area contributed by atoms with E-state index < -0.39 is 5.97 Å². The second-order valence-corrected chi connectivity index (χ2v) is 5.45. The average molecular weight is 277 g/mol. The van der Waals surface area contributed by atoms with Crippen LogP contribution in [0.4, 0.5) is 5.69 Å². The Kier molecular flexibility index (Phi) is 7.13. The van der Waals surface area contributed by atoms with Gasteiger partial charge < -0.3 is 10.0 Å². The van der Waals surface area contributed by atoms with Gasteiger partial charge in [-0.1, -0.05) is 51.7 Å². The van der Waals surface area contributed by atoms with Crippen LogP contribution in [-0.4, -0.2) is 24.7 Å². The summed E-state index contributed by atoms with van der Waals surface area (Å²) in [6, 6.07) is 7.22. The zero-order chi connectivity index (χ0) is 15.0. The number of unbranched alkanes of at least 4 members (excludes halogenated alkanes) is 1. The molecule has 0 heterocycles. The Labute approximate surface area is 122 Å². The summed E-state index contributed by atoms with van der Waals surface area (Å²) < 4.78 is 0. The second-order valence-electron chi connectivity index (χ2n) is 5.45. The zero-order valence-corrected chi connectivity index (χ0v) is 12.9. The van der Waals surface area contributed by atoms with Crippen molar-refractivity contribution in [3.63, 3.8) is 0 Å². The van der Waals surface area contributed by atoms with Gasteiger partial charge in [0.15, 0.2) is 0 Å². The summed E-state index contributed by atoms with van der Waals surface area (Å²) in [7, 11) is 1.98. The first-order chi connectivity index (χ1) is 9.60. The van der Waals surface area contributed by atoms with Crippen LogP contribution >= 0.6 is 0 Å². The minimum absolute atomic E-state index is 0.386. The van der Waals surface area contributed by atoms with E-state index in [9.17, 15) is 9.90 Å². The SMILES string of the molecule is CCCCC(CC)CCN(C)c1ccccc1C(=O)O. The molecule has 112 valence electrons. The average Bonchev–Trinajstić information content (AvgIpc) is 2.47. The molecule has 0 saturated heterocycles. The van der Waals surface area contributed by atoms with Crippen molar-refractivity contribution in [1.82, 2.24) is 0 Å². The molecular weight excluding hydrogens is 250 g/mol. The molecule has 1 rings (SSSR count). The Morgan fingerprint density at radius 3 is 2.55 bits per heavy atom. The lowest BCUT2D eigenvalue weighted by atomic mass is 9.95. The molecule has 0 amide bonds. The Morgan fingerprint density at radius 2 is 1.95 bits per heavy atom. The van der Waals surface area contributed by atoms with Crippen molar-refractivity contribution < 1.29 is 9.90 Å². The Morgan fingerprint density at radius 1 is 1.25 bits per heavy atom. The van der Waals surface area contributed by atoms with Gasteiger partial charge in [0.05, 0.1) is 11.3 Å². The molecule has 20 heavy (non-hydrogen) atoms. The van der Waals surface area contributed by atoms with Crippen molar-refractivity contribution in [1.29, 1.82) is 0 Å². The minimum Gasteiger partial charge on any atom is -0.478 e. The van der Waals surface area contributed by atoms with E-state index in [1.165, 1.54) is 25.7 Å². The van der Waals surface area contributed by atoms with E-state index in [1.54, 1.807) is 12.1 Å². The number of carboxylic acids is 1. The number of aromatic carboxylic acids is 1. The third-order valence-corrected chi connectivity index (χ3v) is 3.96. The first-order valence-corrected chi connectivity index (χ1v) is 7.63. The molecule has 0 aromatic heterocycles. The summed E-state index contributed by atoms with van der Waals surface area (Å²) >= 11 is 0. The van der Waals surface area contributed by atoms with E-state index in [4.69, 9.17) is 0 Å². The predicted octanol–water partition coefficient (Wildman–Crippen LogP) is 4.43. The van der Waals surface area contributed by atoms with E-state index in [1.807, 2.05) is 19.2 Å². The van der Waals surface area contributed by atoms with Crippen LogP contribution in [0.3, 0.4) is 0 Å². The number of para-hydroxylation sites is 1. The standard InChI is InChI=1S/C17H27NO2/c1-4-6-9-14(5-2)12-13-18(3)16-11-8-7-10-15(16)17(19)20/h7-8,10-11,14H,4-6,9,12-13H2,1-3H3,(H,19,20). The molecule has 3 heteroatoms. The summed E-state index contributed by atoms with van der Waals surface area (Å²) in [5.41, 5.74) is 1.20. The normalized spacial score (nSPS) is 12.2. The molecule has 0 spiro atoms. The number of benzene rings is 1. The number of nitrogens with zero attached hydrogens (tertiary/aromatic N) is 1. The number of carbonyl (C=O) groups is 1. The monoisotopic (exact) mass is 277 g/mol. The maximum atomic E-state index is 11.2. The lowest BCUT2D eigenvalue weighted by Gasteiger charge is -2.24. The highest BCUT2D eigenvalue weighted by atomic mass is 16.4. The molecule has 1 atom stereocenters. The van der Waals surface area contributed by atoms with Gasteiger partial charge in [-0.3, -0.25) is 0 Å². The van der Waals surface area contributed by atoms with Gasteiger partial charge >= 0.3 is 5.97 Å². The fraction of sp³-hybridized carbons (Fsp3) is 0.588. The summed E-state index contributed by atoms with van der Waals surface area (Å²) in [6.07, 6.45) is 6.14. The molecule has 3 nitrogen and oxygen atoms in total. The first-order valence-electron chi connectivity index (χ1n) is 7.63. The molecule has 1 aromatic rings. The second kappa shape index (κ2) is 8.62. The molecule has 1 aromatic carbocycles. The van der Waals surface area contributed by atoms with E-state index in [0.29, 0.717) is 5.56 Å². The van der Waals surface area contributed by atoms with E-state index in [0.717, 1.165) is 24.6 Å². The summed E-state index contributed by atoms with van der Waals surface area (Å²) in [5, 5.41) is 9.23. The minimum atomic E-state index is -0.856. The largest absolute Gasteiger partial charge is 0.478 e. The quantitative estimate of drug-likeness (QED) is 0.726. The van der Waals surface area contributed by atoms with Gasteiger partial charge in [0.1, 0.15) is 0 Å². The van der Waals surface area contributed by atoms with Gasteiger partial charge in [0.25, 0.3) is 0 Å². The highest BCUT2D eigenvalue weighted by molar-refractivity contribution is 5.94. The van der Waals surface area contributed by atoms with Crippen molar-refractivity contribution in [2.45, 2.75) is 46.0 Å². The number of hydrogen-bond acceptors (Lipinski definition) is 2. The van der Waals surface area contributed by atoms with Gasteiger partial charge in [0, 0.05) is 13.6 Å².